The molecule has 4 heteroatoms. The Hall–Kier alpha value is 1.09. The van der Waals surface area contributed by atoms with Gasteiger partial charge in [0.25, 0.3) is 7.12 Å². The largest absolute Gasteiger partial charge is 0.452 e. The third-order valence-electron chi connectivity index (χ3n) is 0. The second kappa shape index (κ2) is 15.7. The van der Waals surface area contributed by atoms with Gasteiger partial charge in [-0.1, -0.05) is 0 Å². The monoisotopic (exact) mass is 177 g/mol. The van der Waals surface area contributed by atoms with E-state index >= 15 is 0 Å². The summed E-state index contributed by atoms with van der Waals surface area (Å²) >= 11 is 0. The molecule has 0 aromatic heterocycles. The summed E-state index contributed by atoms with van der Waals surface area (Å²) in [5.41, 5.74) is 0. The van der Waals surface area contributed by atoms with Crippen molar-refractivity contribution in [1.82, 2.24) is 0 Å². The summed E-state index contributed by atoms with van der Waals surface area (Å²) < 4.78 is 0. The number of rotatable bonds is 0. The molecule has 0 aromatic carbocycles. The van der Waals surface area contributed by atoms with Gasteiger partial charge < -0.3 is 23.8 Å². The van der Waals surface area contributed by atoms with Crippen molar-refractivity contribution in [3.8, 4) is 0 Å². The maximum Gasteiger partial charge on any atom is 0.264 e. The minimum absolute atomic E-state index is 0. The Morgan fingerprint density at radius 1 is 1.29 bits per heavy atom. The van der Waals surface area contributed by atoms with E-state index in [0.29, 0.717) is 0 Å². The Bertz CT molecular complexity index is 17.7. The Labute approximate surface area is 70.3 Å². The van der Waals surface area contributed by atoms with Gasteiger partial charge in [0.05, 0.1) is 0 Å². The molecule has 1 radical (unpaired) electrons. The van der Waals surface area contributed by atoms with Crippen LogP contribution in [-0.2, 0) is 32.7 Å². The first-order valence-electron chi connectivity index (χ1n) is 1.63. The molecule has 0 bridgehead atoms. The topological polar surface area (TPSA) is 40.5 Å². The molecule has 0 fully saturated rings. The van der Waals surface area contributed by atoms with E-state index in [1.54, 1.807) is 6.92 Å². The van der Waals surface area contributed by atoms with E-state index < -0.39 is 7.12 Å². The minimum Gasteiger partial charge on any atom is -0.452 e. The average molecular weight is 177 g/mol. The van der Waals surface area contributed by atoms with E-state index in [1.807, 2.05) is 0 Å². The van der Waals surface area contributed by atoms with Crippen LogP contribution in [0.4, 0.5) is 0 Å². The zero-order chi connectivity index (χ0) is 5.58. The van der Waals surface area contributed by atoms with Crippen LogP contribution in [0.5, 0.6) is 0 Å². The fourth-order valence-electron chi connectivity index (χ4n) is 0. The third-order valence-corrected chi connectivity index (χ3v) is 0. The van der Waals surface area contributed by atoms with Crippen LogP contribution in [0.3, 0.4) is 0 Å². The Kier molecular flexibility index (Phi) is 35.2. The van der Waals surface area contributed by atoms with Crippen LogP contribution < -0.4 is 0 Å². The molecule has 41 valence electrons. The van der Waals surface area contributed by atoms with Crippen LogP contribution in [0.2, 0.25) is 0 Å². The van der Waals surface area contributed by atoms with Crippen molar-refractivity contribution in [2.75, 3.05) is 0 Å². The van der Waals surface area contributed by atoms with Gasteiger partial charge in [-0.05, 0) is 0 Å². The molecule has 0 rings (SSSR count). The summed E-state index contributed by atoms with van der Waals surface area (Å²) in [5, 5.41) is 15.0. The summed E-state index contributed by atoms with van der Waals surface area (Å²) in [4.78, 5) is 0. The fourth-order valence-corrected chi connectivity index (χ4v) is 0. The Balaban J connectivity index is -0.0000000480. The zero-order valence-electron chi connectivity index (χ0n) is 4.46. The van der Waals surface area contributed by atoms with Crippen molar-refractivity contribution in [3.63, 3.8) is 0 Å². The van der Waals surface area contributed by atoms with Gasteiger partial charge in [0.15, 0.2) is 0 Å². The predicted molar refractivity (Wildman–Crippen MR) is 26.6 cm³/mol. The van der Waals surface area contributed by atoms with Crippen molar-refractivity contribution in [3.05, 3.63) is 13.7 Å². The first kappa shape index (κ1) is 15.7. The van der Waals surface area contributed by atoms with Crippen molar-refractivity contribution >= 4 is 7.12 Å². The van der Waals surface area contributed by atoms with Gasteiger partial charge in [-0.25, -0.2) is 0 Å². The molecule has 0 aliphatic rings. The molecule has 0 aromatic rings. The van der Waals surface area contributed by atoms with Crippen molar-refractivity contribution < 1.29 is 42.8 Å². The number of hydrogen-bond donors (Lipinski definition) is 2. The molecule has 0 unspecified atom stereocenters. The summed E-state index contributed by atoms with van der Waals surface area (Å²) in [6.45, 7) is 7.75. The second-order valence-corrected chi connectivity index (χ2v) is 0.481. The van der Waals surface area contributed by atoms with Crippen LogP contribution in [0.15, 0.2) is 0 Å². The SMILES string of the molecule is [CH2-]B(O)O.[CH2-]C.[Y]. The van der Waals surface area contributed by atoms with E-state index in [9.17, 15) is 0 Å². The molecule has 2 N–H and O–H groups in total. The summed E-state index contributed by atoms with van der Waals surface area (Å²) in [7, 11) is -1.42. The third kappa shape index (κ3) is 155. The van der Waals surface area contributed by atoms with Gasteiger partial charge in [0.1, 0.15) is 0 Å². The zero-order valence-corrected chi connectivity index (χ0v) is 7.30. The quantitative estimate of drug-likeness (QED) is 0.392. The molecule has 2 nitrogen and oxygen atoms in total. The van der Waals surface area contributed by atoms with E-state index in [2.05, 4.69) is 13.7 Å². The molecule has 0 saturated carbocycles. The maximum absolute atomic E-state index is 7.50. The molecule has 0 aliphatic heterocycles. The van der Waals surface area contributed by atoms with Crippen LogP contribution in [0, 0.1) is 13.7 Å². The van der Waals surface area contributed by atoms with Gasteiger partial charge in [0, 0.05) is 32.7 Å². The van der Waals surface area contributed by atoms with Crippen LogP contribution in [0.1, 0.15) is 6.92 Å². The van der Waals surface area contributed by atoms with Crippen LogP contribution in [-0.4, -0.2) is 17.2 Å². The first-order valence-corrected chi connectivity index (χ1v) is 1.63. The van der Waals surface area contributed by atoms with Crippen LogP contribution >= 0.6 is 0 Å². The van der Waals surface area contributed by atoms with E-state index in [-0.39, 0.29) is 32.7 Å². The smallest absolute Gasteiger partial charge is 0.264 e. The Morgan fingerprint density at radius 3 is 1.29 bits per heavy atom. The molecular formula is C3H9BO2Y-2. The maximum atomic E-state index is 7.50. The van der Waals surface area contributed by atoms with Crippen molar-refractivity contribution in [1.29, 1.82) is 0 Å². The first-order chi connectivity index (χ1) is 2.73. The van der Waals surface area contributed by atoms with Crippen LogP contribution in [0.25, 0.3) is 0 Å². The summed E-state index contributed by atoms with van der Waals surface area (Å²) in [6.07, 6.45) is 0. The molecular weight excluding hydrogens is 168 g/mol. The standard InChI is InChI=1S/C2H5.CH4BO2.Y/c1-2;1-2(3)4;/h1H2,2H3;3-4H,1H2;/q2*-1;. The van der Waals surface area contributed by atoms with Gasteiger partial charge in [-0.3, -0.25) is 0 Å². The second-order valence-electron chi connectivity index (χ2n) is 0.481. The van der Waals surface area contributed by atoms with Gasteiger partial charge in [0.2, 0.25) is 0 Å². The molecule has 0 aliphatic carbocycles. The normalized spacial score (nSPS) is 4.71. The number of hydrogen-bond acceptors (Lipinski definition) is 2. The van der Waals surface area contributed by atoms with Crippen molar-refractivity contribution in [2.24, 2.45) is 0 Å². The minimum atomic E-state index is -1.42. The van der Waals surface area contributed by atoms with Gasteiger partial charge >= 0.3 is 0 Å². The molecule has 0 saturated heterocycles. The van der Waals surface area contributed by atoms with E-state index in [0.717, 1.165) is 0 Å². The summed E-state index contributed by atoms with van der Waals surface area (Å²) in [6, 6.07) is 0. The van der Waals surface area contributed by atoms with Gasteiger partial charge in [-0.15, -0.1) is 0 Å². The molecule has 0 atom stereocenters. The van der Waals surface area contributed by atoms with Crippen molar-refractivity contribution in [2.45, 2.75) is 6.92 Å². The fraction of sp³-hybridized carbons (Fsp3) is 0.333. The molecule has 7 heavy (non-hydrogen) atoms. The molecule has 0 heterocycles. The van der Waals surface area contributed by atoms with E-state index in [1.165, 1.54) is 0 Å². The molecule has 0 amide bonds. The summed E-state index contributed by atoms with van der Waals surface area (Å²) in [5.74, 6) is 0. The Morgan fingerprint density at radius 2 is 1.29 bits per heavy atom. The molecule has 0 spiro atoms. The van der Waals surface area contributed by atoms with Gasteiger partial charge in [-0.2, -0.15) is 6.92 Å². The predicted octanol–water partition coefficient (Wildman–Crippen LogP) is -0.330. The average Bonchev–Trinajstić information content (AvgIpc) is 1.41. The van der Waals surface area contributed by atoms with E-state index in [4.69, 9.17) is 10.0 Å².